The molecule has 1 saturated heterocycles. The van der Waals surface area contributed by atoms with Crippen molar-refractivity contribution in [3.63, 3.8) is 0 Å². The third-order valence-electron chi connectivity index (χ3n) is 3.40. The number of ether oxygens (including phenoxy) is 1. The summed E-state index contributed by atoms with van der Waals surface area (Å²) in [6.07, 6.45) is -5.15. The van der Waals surface area contributed by atoms with Gasteiger partial charge in [-0.2, -0.15) is 13.2 Å². The van der Waals surface area contributed by atoms with E-state index in [1.54, 1.807) is 20.8 Å². The number of ketones is 1. The molecule has 4 nitrogen and oxygen atoms in total. The van der Waals surface area contributed by atoms with Crippen molar-refractivity contribution in [1.29, 1.82) is 0 Å². The first-order valence-electron chi connectivity index (χ1n) is 7.17. The lowest BCUT2D eigenvalue weighted by molar-refractivity contribution is -0.138. The van der Waals surface area contributed by atoms with Crippen LogP contribution in [0.1, 0.15) is 36.7 Å². The quantitative estimate of drug-likeness (QED) is 0.776. The summed E-state index contributed by atoms with van der Waals surface area (Å²) in [7, 11) is 0. The maximum absolute atomic E-state index is 12.9. The zero-order chi connectivity index (χ0) is 17.4. The van der Waals surface area contributed by atoms with Crippen LogP contribution in [-0.4, -0.2) is 35.5 Å². The van der Waals surface area contributed by atoms with Crippen LogP contribution in [0.4, 0.5) is 18.0 Å². The van der Waals surface area contributed by atoms with Gasteiger partial charge in [0.2, 0.25) is 0 Å². The summed E-state index contributed by atoms with van der Waals surface area (Å²) >= 11 is 0. The van der Waals surface area contributed by atoms with Crippen molar-refractivity contribution in [2.24, 2.45) is 5.92 Å². The highest BCUT2D eigenvalue weighted by Crippen LogP contribution is 2.34. The Bertz CT molecular complexity index is 614. The van der Waals surface area contributed by atoms with Crippen molar-refractivity contribution in [1.82, 2.24) is 4.90 Å². The van der Waals surface area contributed by atoms with Crippen LogP contribution in [0.5, 0.6) is 0 Å². The number of hydrogen-bond acceptors (Lipinski definition) is 3. The summed E-state index contributed by atoms with van der Waals surface area (Å²) < 4.78 is 44.0. The zero-order valence-electron chi connectivity index (χ0n) is 13.1. The van der Waals surface area contributed by atoms with Crippen LogP contribution < -0.4 is 0 Å². The van der Waals surface area contributed by atoms with E-state index in [4.69, 9.17) is 4.74 Å². The van der Waals surface area contributed by atoms with Crippen LogP contribution in [0.3, 0.4) is 0 Å². The minimum absolute atomic E-state index is 0.0694. The minimum atomic E-state index is -4.58. The van der Waals surface area contributed by atoms with Crippen LogP contribution in [-0.2, 0) is 10.9 Å². The number of nitrogens with zero attached hydrogens (tertiary/aromatic N) is 1. The second-order valence-corrected chi connectivity index (χ2v) is 6.49. The van der Waals surface area contributed by atoms with E-state index < -0.39 is 35.1 Å². The minimum Gasteiger partial charge on any atom is -0.444 e. The van der Waals surface area contributed by atoms with E-state index >= 15 is 0 Å². The summed E-state index contributed by atoms with van der Waals surface area (Å²) in [5, 5.41) is 0. The van der Waals surface area contributed by atoms with Crippen LogP contribution in [0, 0.1) is 5.92 Å². The van der Waals surface area contributed by atoms with Gasteiger partial charge in [-0.1, -0.05) is 18.2 Å². The molecule has 1 aromatic carbocycles. The van der Waals surface area contributed by atoms with E-state index in [2.05, 4.69) is 0 Å². The van der Waals surface area contributed by atoms with Crippen molar-refractivity contribution >= 4 is 11.9 Å². The Morgan fingerprint density at radius 1 is 1.13 bits per heavy atom. The van der Waals surface area contributed by atoms with Gasteiger partial charge in [0.05, 0.1) is 11.5 Å². The Labute approximate surface area is 132 Å². The fraction of sp³-hybridized carbons (Fsp3) is 0.500. The molecule has 0 radical (unpaired) electrons. The molecule has 0 N–H and O–H groups in total. The van der Waals surface area contributed by atoms with Gasteiger partial charge < -0.3 is 9.64 Å². The van der Waals surface area contributed by atoms with E-state index in [1.807, 2.05) is 0 Å². The largest absolute Gasteiger partial charge is 0.444 e. The van der Waals surface area contributed by atoms with Gasteiger partial charge in [0.1, 0.15) is 5.60 Å². The van der Waals surface area contributed by atoms with Crippen molar-refractivity contribution < 1.29 is 27.5 Å². The maximum atomic E-state index is 12.9. The van der Waals surface area contributed by atoms with Gasteiger partial charge in [-0.3, -0.25) is 4.79 Å². The number of carbonyl (C=O) groups excluding carboxylic acids is 2. The summed E-state index contributed by atoms with van der Waals surface area (Å²) in [4.78, 5) is 25.4. The Kier molecular flexibility index (Phi) is 4.41. The predicted molar refractivity (Wildman–Crippen MR) is 77.1 cm³/mol. The van der Waals surface area contributed by atoms with E-state index in [0.717, 1.165) is 6.07 Å². The third-order valence-corrected chi connectivity index (χ3v) is 3.40. The lowest BCUT2D eigenvalue weighted by atomic mass is 9.88. The molecule has 1 aliphatic heterocycles. The standard InChI is InChI=1S/C16H18F3NO3/c1-15(2,3)23-14(22)20-8-10(9-20)13(21)11-6-4-5-7-12(11)16(17,18)19/h4-7,10H,8-9H2,1-3H3. The average molecular weight is 329 g/mol. The third kappa shape index (κ3) is 4.03. The first-order chi connectivity index (χ1) is 10.5. The fourth-order valence-corrected chi connectivity index (χ4v) is 2.29. The second-order valence-electron chi connectivity index (χ2n) is 6.49. The van der Waals surface area contributed by atoms with Gasteiger partial charge >= 0.3 is 12.3 Å². The smallest absolute Gasteiger partial charge is 0.417 e. The molecule has 2 rings (SSSR count). The highest BCUT2D eigenvalue weighted by Gasteiger charge is 2.41. The molecule has 0 unspecified atom stereocenters. The normalized spacial score (nSPS) is 16.0. The molecule has 0 atom stereocenters. The number of hydrogen-bond donors (Lipinski definition) is 0. The van der Waals surface area contributed by atoms with Gasteiger partial charge in [0.25, 0.3) is 0 Å². The lowest BCUT2D eigenvalue weighted by Crippen LogP contribution is -2.54. The van der Waals surface area contributed by atoms with Crippen LogP contribution in [0.25, 0.3) is 0 Å². The molecule has 1 aliphatic rings. The molecule has 0 aromatic heterocycles. The van der Waals surface area contributed by atoms with Crippen molar-refractivity contribution in [3.05, 3.63) is 35.4 Å². The van der Waals surface area contributed by atoms with E-state index in [9.17, 15) is 22.8 Å². The molecular weight excluding hydrogens is 311 g/mol. The number of halogens is 3. The number of rotatable bonds is 2. The molecule has 0 saturated carbocycles. The molecular formula is C16H18F3NO3. The molecule has 7 heteroatoms. The maximum Gasteiger partial charge on any atom is 0.417 e. The molecule has 23 heavy (non-hydrogen) atoms. The molecule has 1 heterocycles. The molecule has 0 spiro atoms. The van der Waals surface area contributed by atoms with Crippen molar-refractivity contribution in [3.8, 4) is 0 Å². The van der Waals surface area contributed by atoms with E-state index in [-0.39, 0.29) is 18.7 Å². The molecule has 1 aromatic rings. The second kappa shape index (κ2) is 5.86. The number of amides is 1. The zero-order valence-corrected chi connectivity index (χ0v) is 13.1. The summed E-state index contributed by atoms with van der Waals surface area (Å²) in [5.41, 5.74) is -1.95. The Balaban J connectivity index is 2.04. The first-order valence-corrected chi connectivity index (χ1v) is 7.17. The highest BCUT2D eigenvalue weighted by atomic mass is 19.4. The molecule has 1 fully saturated rings. The number of likely N-dealkylation sites (tertiary alicyclic amines) is 1. The highest BCUT2D eigenvalue weighted by molar-refractivity contribution is 6.00. The SMILES string of the molecule is CC(C)(C)OC(=O)N1CC(C(=O)c2ccccc2C(F)(F)F)C1. The lowest BCUT2D eigenvalue weighted by Gasteiger charge is -2.39. The van der Waals surface area contributed by atoms with E-state index in [0.29, 0.717) is 0 Å². The topological polar surface area (TPSA) is 46.6 Å². The summed E-state index contributed by atoms with van der Waals surface area (Å²) in [6, 6.07) is 4.69. The average Bonchev–Trinajstić information content (AvgIpc) is 2.33. The Morgan fingerprint density at radius 3 is 2.22 bits per heavy atom. The number of alkyl halides is 3. The fourth-order valence-electron chi connectivity index (χ4n) is 2.29. The van der Waals surface area contributed by atoms with Gasteiger partial charge in [-0.15, -0.1) is 0 Å². The number of carbonyl (C=O) groups is 2. The molecule has 0 aliphatic carbocycles. The van der Waals surface area contributed by atoms with Gasteiger partial charge in [-0.25, -0.2) is 4.79 Å². The summed E-state index contributed by atoms with van der Waals surface area (Å²) in [5.74, 6) is -1.23. The number of benzene rings is 1. The van der Waals surface area contributed by atoms with Crippen LogP contribution >= 0.6 is 0 Å². The Hall–Kier alpha value is -2.05. The monoisotopic (exact) mass is 329 g/mol. The van der Waals surface area contributed by atoms with Crippen molar-refractivity contribution in [2.75, 3.05) is 13.1 Å². The number of Topliss-reactive ketones (excluding diaryl/α,β-unsaturated/α-hetero) is 1. The van der Waals surface area contributed by atoms with Crippen molar-refractivity contribution in [2.45, 2.75) is 32.5 Å². The summed E-state index contributed by atoms with van der Waals surface area (Å²) in [6.45, 7) is 5.28. The van der Waals surface area contributed by atoms with Gasteiger partial charge in [-0.05, 0) is 26.8 Å². The van der Waals surface area contributed by atoms with Gasteiger partial charge in [0, 0.05) is 18.7 Å². The first kappa shape index (κ1) is 17.3. The molecule has 126 valence electrons. The Morgan fingerprint density at radius 2 is 1.70 bits per heavy atom. The molecule has 0 bridgehead atoms. The van der Waals surface area contributed by atoms with Gasteiger partial charge in [0.15, 0.2) is 5.78 Å². The van der Waals surface area contributed by atoms with E-state index in [1.165, 1.54) is 23.1 Å². The van der Waals surface area contributed by atoms with Crippen LogP contribution in [0.15, 0.2) is 24.3 Å². The van der Waals surface area contributed by atoms with Crippen LogP contribution in [0.2, 0.25) is 0 Å². The predicted octanol–water partition coefficient (Wildman–Crippen LogP) is 3.76. The molecule has 1 amide bonds.